The molecule has 17 heavy (non-hydrogen) atoms. The van der Waals surface area contributed by atoms with Crippen LogP contribution in [-0.2, 0) is 9.53 Å². The van der Waals surface area contributed by atoms with Crippen LogP contribution in [-0.4, -0.2) is 42.9 Å². The number of hydrogen-bond acceptors (Lipinski definition) is 3. The number of aliphatic carboxylic acids is 1. The second-order valence-corrected chi connectivity index (χ2v) is 4.85. The molecule has 0 saturated heterocycles. The van der Waals surface area contributed by atoms with Gasteiger partial charge in [0, 0.05) is 20.1 Å². The van der Waals surface area contributed by atoms with E-state index >= 15 is 0 Å². The average molecular weight is 246 g/mol. The number of nitrogens with one attached hydrogen (secondary N) is 2. The first-order valence-corrected chi connectivity index (χ1v) is 5.53. The number of ether oxygens (including phenoxy) is 1. The predicted octanol–water partition coefficient (Wildman–Crippen LogP) is 0.821. The van der Waals surface area contributed by atoms with Crippen molar-refractivity contribution in [3.05, 3.63) is 0 Å². The van der Waals surface area contributed by atoms with Crippen molar-refractivity contribution in [2.24, 2.45) is 5.92 Å². The maximum absolute atomic E-state index is 11.5. The van der Waals surface area contributed by atoms with E-state index in [1.807, 2.05) is 13.8 Å². The number of rotatable bonds is 7. The number of carbonyl (C=O) groups excluding carboxylic acids is 1. The summed E-state index contributed by atoms with van der Waals surface area (Å²) in [5.74, 6) is -0.955. The molecule has 0 saturated carbocycles. The zero-order chi connectivity index (χ0) is 13.5. The van der Waals surface area contributed by atoms with Crippen LogP contribution in [0.4, 0.5) is 4.79 Å². The maximum atomic E-state index is 11.5. The molecule has 0 rings (SSSR count). The minimum Gasteiger partial charge on any atom is -0.481 e. The minimum absolute atomic E-state index is 0.0434. The van der Waals surface area contributed by atoms with Crippen LogP contribution in [0, 0.1) is 5.92 Å². The fraction of sp³-hybridized carbons (Fsp3) is 0.818. The Labute approximate surface area is 102 Å². The van der Waals surface area contributed by atoms with Crippen molar-refractivity contribution in [1.82, 2.24) is 10.6 Å². The van der Waals surface area contributed by atoms with Crippen LogP contribution < -0.4 is 10.6 Å². The van der Waals surface area contributed by atoms with E-state index < -0.39 is 11.5 Å². The summed E-state index contributed by atoms with van der Waals surface area (Å²) < 4.78 is 4.97. The van der Waals surface area contributed by atoms with Gasteiger partial charge in [-0.25, -0.2) is 4.79 Å². The van der Waals surface area contributed by atoms with Gasteiger partial charge in [-0.3, -0.25) is 4.79 Å². The number of carbonyl (C=O) groups is 2. The first-order chi connectivity index (χ1) is 7.76. The summed E-state index contributed by atoms with van der Waals surface area (Å²) in [6, 6.07) is -0.315. The van der Waals surface area contributed by atoms with Gasteiger partial charge < -0.3 is 20.5 Å². The highest BCUT2D eigenvalue weighted by molar-refractivity contribution is 5.74. The highest BCUT2D eigenvalue weighted by Crippen LogP contribution is 2.02. The standard InChI is InChI=1S/C11H22N2O4/c1-8(5-9(14)15)6-12-10(16)13-11(2,3)7-17-4/h8H,5-7H2,1-4H3,(H,14,15)(H2,12,13,16). The predicted molar refractivity (Wildman–Crippen MR) is 63.9 cm³/mol. The second-order valence-electron chi connectivity index (χ2n) is 4.85. The van der Waals surface area contributed by atoms with Crippen LogP contribution in [0.1, 0.15) is 27.2 Å². The first-order valence-electron chi connectivity index (χ1n) is 5.53. The van der Waals surface area contributed by atoms with Crippen LogP contribution >= 0.6 is 0 Å². The Balaban J connectivity index is 3.91. The SMILES string of the molecule is COCC(C)(C)NC(=O)NCC(C)CC(=O)O. The highest BCUT2D eigenvalue weighted by Gasteiger charge is 2.20. The molecule has 0 aliphatic heterocycles. The third-order valence-corrected chi connectivity index (χ3v) is 2.09. The molecule has 2 amide bonds. The zero-order valence-corrected chi connectivity index (χ0v) is 10.9. The normalized spacial score (nSPS) is 12.9. The van der Waals surface area contributed by atoms with Crippen LogP contribution in [0.25, 0.3) is 0 Å². The van der Waals surface area contributed by atoms with Gasteiger partial charge in [-0.05, 0) is 19.8 Å². The fourth-order valence-corrected chi connectivity index (χ4v) is 1.39. The van der Waals surface area contributed by atoms with Gasteiger partial charge in [0.15, 0.2) is 0 Å². The number of amides is 2. The van der Waals surface area contributed by atoms with Gasteiger partial charge in [0.25, 0.3) is 0 Å². The Morgan fingerprint density at radius 2 is 2.00 bits per heavy atom. The molecule has 0 aliphatic carbocycles. The largest absolute Gasteiger partial charge is 0.481 e. The average Bonchev–Trinajstić information content (AvgIpc) is 2.12. The molecule has 1 atom stereocenters. The van der Waals surface area contributed by atoms with Crippen LogP contribution in [0.3, 0.4) is 0 Å². The topological polar surface area (TPSA) is 87.7 Å². The summed E-state index contributed by atoms with van der Waals surface area (Å²) in [5.41, 5.74) is -0.450. The number of hydrogen-bond donors (Lipinski definition) is 3. The summed E-state index contributed by atoms with van der Waals surface area (Å²) in [6.07, 6.45) is 0.0434. The molecule has 0 bridgehead atoms. The molecule has 0 spiro atoms. The van der Waals surface area contributed by atoms with E-state index in [0.29, 0.717) is 13.2 Å². The lowest BCUT2D eigenvalue weighted by molar-refractivity contribution is -0.137. The Morgan fingerprint density at radius 3 is 2.47 bits per heavy atom. The lowest BCUT2D eigenvalue weighted by Gasteiger charge is -2.25. The van der Waals surface area contributed by atoms with Crippen LogP contribution in [0.5, 0.6) is 0 Å². The smallest absolute Gasteiger partial charge is 0.315 e. The summed E-state index contributed by atoms with van der Waals surface area (Å²) >= 11 is 0. The summed E-state index contributed by atoms with van der Waals surface area (Å²) in [7, 11) is 1.57. The van der Waals surface area contributed by atoms with E-state index in [4.69, 9.17) is 9.84 Å². The van der Waals surface area contributed by atoms with Crippen molar-refractivity contribution < 1.29 is 19.4 Å². The van der Waals surface area contributed by atoms with Crippen LogP contribution in [0.15, 0.2) is 0 Å². The number of methoxy groups -OCH3 is 1. The summed E-state index contributed by atoms with van der Waals surface area (Å²) in [5, 5.41) is 13.9. The van der Waals surface area contributed by atoms with E-state index in [0.717, 1.165) is 0 Å². The molecule has 6 nitrogen and oxygen atoms in total. The zero-order valence-electron chi connectivity index (χ0n) is 10.9. The Bertz CT molecular complexity index is 266. The van der Waals surface area contributed by atoms with E-state index in [-0.39, 0.29) is 18.4 Å². The van der Waals surface area contributed by atoms with Crippen molar-refractivity contribution in [3.63, 3.8) is 0 Å². The molecule has 0 aromatic heterocycles. The van der Waals surface area contributed by atoms with Gasteiger partial charge in [-0.15, -0.1) is 0 Å². The van der Waals surface area contributed by atoms with Crippen molar-refractivity contribution in [3.8, 4) is 0 Å². The van der Waals surface area contributed by atoms with Crippen molar-refractivity contribution in [1.29, 1.82) is 0 Å². The molecule has 0 aromatic carbocycles. The molecule has 0 aromatic rings. The van der Waals surface area contributed by atoms with Gasteiger partial charge >= 0.3 is 12.0 Å². The van der Waals surface area contributed by atoms with Gasteiger partial charge in [0.05, 0.1) is 12.1 Å². The lowest BCUT2D eigenvalue weighted by Crippen LogP contribution is -2.51. The molecule has 6 heteroatoms. The van der Waals surface area contributed by atoms with Crippen LogP contribution in [0.2, 0.25) is 0 Å². The molecule has 0 heterocycles. The lowest BCUT2D eigenvalue weighted by atomic mass is 10.1. The quantitative estimate of drug-likeness (QED) is 0.620. The van der Waals surface area contributed by atoms with E-state index in [9.17, 15) is 9.59 Å². The second kappa shape index (κ2) is 7.11. The molecular weight excluding hydrogens is 224 g/mol. The molecule has 100 valence electrons. The monoisotopic (exact) mass is 246 g/mol. The van der Waals surface area contributed by atoms with Gasteiger partial charge in [-0.2, -0.15) is 0 Å². The first kappa shape index (κ1) is 15.7. The van der Waals surface area contributed by atoms with E-state index in [1.165, 1.54) is 0 Å². The van der Waals surface area contributed by atoms with Gasteiger partial charge in [0.2, 0.25) is 0 Å². The highest BCUT2D eigenvalue weighted by atomic mass is 16.5. The Kier molecular flexibility index (Phi) is 6.57. The summed E-state index contributed by atoms with van der Waals surface area (Å²) in [4.78, 5) is 21.9. The molecule has 0 radical (unpaired) electrons. The number of carboxylic acid groups (broad SMARTS) is 1. The minimum atomic E-state index is -0.862. The maximum Gasteiger partial charge on any atom is 0.315 e. The third-order valence-electron chi connectivity index (χ3n) is 2.09. The van der Waals surface area contributed by atoms with Crippen molar-refractivity contribution in [2.75, 3.05) is 20.3 Å². The fourth-order valence-electron chi connectivity index (χ4n) is 1.39. The molecular formula is C11H22N2O4. The number of carboxylic acids is 1. The molecule has 0 fully saturated rings. The molecule has 3 N–H and O–H groups in total. The van der Waals surface area contributed by atoms with Crippen molar-refractivity contribution >= 4 is 12.0 Å². The van der Waals surface area contributed by atoms with Crippen molar-refractivity contribution in [2.45, 2.75) is 32.7 Å². The van der Waals surface area contributed by atoms with Gasteiger partial charge in [0.1, 0.15) is 0 Å². The Hall–Kier alpha value is -1.30. The number of urea groups is 1. The van der Waals surface area contributed by atoms with E-state index in [1.54, 1.807) is 14.0 Å². The Morgan fingerprint density at radius 1 is 1.41 bits per heavy atom. The molecule has 1 unspecified atom stereocenters. The summed E-state index contributed by atoms with van der Waals surface area (Å²) in [6.45, 7) is 6.20. The third kappa shape index (κ3) is 8.50. The van der Waals surface area contributed by atoms with Gasteiger partial charge in [-0.1, -0.05) is 6.92 Å². The molecule has 0 aliphatic rings. The van der Waals surface area contributed by atoms with E-state index in [2.05, 4.69) is 10.6 Å².